The first-order valence-electron chi connectivity index (χ1n) is 6.36. The van der Waals surface area contributed by atoms with E-state index in [1.807, 2.05) is 18.2 Å². The third-order valence-electron chi connectivity index (χ3n) is 3.37. The summed E-state index contributed by atoms with van der Waals surface area (Å²) in [4.78, 5) is 22.3. The first kappa shape index (κ1) is 15.2. The Morgan fingerprint density at radius 3 is 2.21 bits per heavy atom. The minimum Gasteiger partial charge on any atom is -0.481 e. The van der Waals surface area contributed by atoms with Gasteiger partial charge in [0.05, 0.1) is 11.3 Å². The maximum atomic E-state index is 11.3. The molecule has 4 heteroatoms. The summed E-state index contributed by atoms with van der Waals surface area (Å²) in [6.45, 7) is 3.32. The van der Waals surface area contributed by atoms with E-state index in [1.54, 1.807) is 26.0 Å². The molecular weight excluding hydrogens is 244 g/mol. The van der Waals surface area contributed by atoms with E-state index in [0.717, 1.165) is 5.56 Å². The molecular formula is C15H20O4. The van der Waals surface area contributed by atoms with Crippen LogP contribution in [0.5, 0.6) is 0 Å². The molecule has 1 aromatic carbocycles. The minimum atomic E-state index is -0.862. The highest BCUT2D eigenvalue weighted by Gasteiger charge is 2.28. The summed E-state index contributed by atoms with van der Waals surface area (Å²) in [7, 11) is 0. The van der Waals surface area contributed by atoms with Gasteiger partial charge >= 0.3 is 11.9 Å². The predicted molar refractivity (Wildman–Crippen MR) is 72.1 cm³/mol. The lowest BCUT2D eigenvalue weighted by molar-refractivity contribution is -0.147. The maximum absolute atomic E-state index is 11.3. The highest BCUT2D eigenvalue weighted by atomic mass is 16.4. The molecule has 104 valence electrons. The van der Waals surface area contributed by atoms with Crippen molar-refractivity contribution >= 4 is 11.9 Å². The third-order valence-corrected chi connectivity index (χ3v) is 3.37. The third kappa shape index (κ3) is 4.39. The quantitative estimate of drug-likeness (QED) is 0.793. The van der Waals surface area contributed by atoms with E-state index in [-0.39, 0.29) is 0 Å². The van der Waals surface area contributed by atoms with Crippen molar-refractivity contribution in [3.8, 4) is 0 Å². The number of carboxylic acid groups (broad SMARTS) is 2. The molecule has 1 aromatic rings. The molecule has 1 unspecified atom stereocenters. The Labute approximate surface area is 113 Å². The van der Waals surface area contributed by atoms with E-state index in [1.165, 1.54) is 0 Å². The van der Waals surface area contributed by atoms with Gasteiger partial charge in [0.25, 0.3) is 0 Å². The standard InChI is InChI=1S/C15H20O4/c1-15(2,14(18)19)10-6-9-12(13(16)17)11-7-4-3-5-8-11/h3-5,7-8,12H,6,9-10H2,1-2H3,(H,16,17)(H,18,19). The van der Waals surface area contributed by atoms with Crippen LogP contribution in [0.25, 0.3) is 0 Å². The van der Waals surface area contributed by atoms with E-state index in [4.69, 9.17) is 5.11 Å². The number of hydrogen-bond donors (Lipinski definition) is 2. The van der Waals surface area contributed by atoms with E-state index in [0.29, 0.717) is 19.3 Å². The molecule has 0 amide bonds. The van der Waals surface area contributed by atoms with Crippen molar-refractivity contribution in [1.29, 1.82) is 0 Å². The van der Waals surface area contributed by atoms with Crippen molar-refractivity contribution < 1.29 is 19.8 Å². The fourth-order valence-electron chi connectivity index (χ4n) is 1.97. The molecule has 0 radical (unpaired) electrons. The molecule has 0 aliphatic heterocycles. The van der Waals surface area contributed by atoms with Gasteiger partial charge in [-0.1, -0.05) is 36.8 Å². The number of carbonyl (C=O) groups is 2. The smallest absolute Gasteiger partial charge is 0.310 e. The number of benzene rings is 1. The summed E-state index contributed by atoms with van der Waals surface area (Å²) in [6, 6.07) is 9.05. The van der Waals surface area contributed by atoms with Gasteiger partial charge in [-0.3, -0.25) is 9.59 Å². The highest BCUT2D eigenvalue weighted by molar-refractivity contribution is 5.76. The lowest BCUT2D eigenvalue weighted by Crippen LogP contribution is -2.24. The molecule has 0 bridgehead atoms. The van der Waals surface area contributed by atoms with Gasteiger partial charge in [0.2, 0.25) is 0 Å². The number of rotatable bonds is 7. The lowest BCUT2D eigenvalue weighted by atomic mass is 9.84. The molecule has 19 heavy (non-hydrogen) atoms. The maximum Gasteiger partial charge on any atom is 0.310 e. The van der Waals surface area contributed by atoms with Crippen LogP contribution in [0.3, 0.4) is 0 Å². The number of carboxylic acids is 2. The zero-order chi connectivity index (χ0) is 14.5. The van der Waals surface area contributed by atoms with Gasteiger partial charge in [0, 0.05) is 0 Å². The molecule has 0 saturated carbocycles. The van der Waals surface area contributed by atoms with Crippen LogP contribution in [0.15, 0.2) is 30.3 Å². The van der Waals surface area contributed by atoms with Crippen molar-refractivity contribution in [2.45, 2.75) is 39.0 Å². The van der Waals surface area contributed by atoms with Crippen LogP contribution >= 0.6 is 0 Å². The molecule has 0 spiro atoms. The predicted octanol–water partition coefficient (Wildman–Crippen LogP) is 3.14. The zero-order valence-electron chi connectivity index (χ0n) is 11.3. The summed E-state index contributed by atoms with van der Waals surface area (Å²) >= 11 is 0. The first-order chi connectivity index (χ1) is 8.84. The van der Waals surface area contributed by atoms with E-state index in [9.17, 15) is 14.7 Å². The lowest BCUT2D eigenvalue weighted by Gasteiger charge is -2.20. The van der Waals surface area contributed by atoms with Gasteiger partial charge in [0.1, 0.15) is 0 Å². The fraction of sp³-hybridized carbons (Fsp3) is 0.467. The van der Waals surface area contributed by atoms with Crippen LogP contribution < -0.4 is 0 Å². The van der Waals surface area contributed by atoms with Gasteiger partial charge in [-0.05, 0) is 32.3 Å². The van der Waals surface area contributed by atoms with E-state index >= 15 is 0 Å². The topological polar surface area (TPSA) is 74.6 Å². The Bertz CT molecular complexity index is 437. The van der Waals surface area contributed by atoms with E-state index < -0.39 is 23.3 Å². The Hall–Kier alpha value is -1.84. The van der Waals surface area contributed by atoms with Crippen LogP contribution in [-0.4, -0.2) is 22.2 Å². The average molecular weight is 264 g/mol. The number of aliphatic carboxylic acids is 2. The molecule has 0 saturated heterocycles. The van der Waals surface area contributed by atoms with Crippen LogP contribution in [0, 0.1) is 5.41 Å². The first-order valence-corrected chi connectivity index (χ1v) is 6.36. The Morgan fingerprint density at radius 2 is 1.74 bits per heavy atom. The van der Waals surface area contributed by atoms with Crippen LogP contribution in [-0.2, 0) is 9.59 Å². The van der Waals surface area contributed by atoms with Crippen LogP contribution in [0.1, 0.15) is 44.6 Å². The summed E-state index contributed by atoms with van der Waals surface area (Å²) in [5.41, 5.74) is -0.0390. The molecule has 0 aromatic heterocycles. The zero-order valence-corrected chi connectivity index (χ0v) is 11.3. The van der Waals surface area contributed by atoms with Crippen molar-refractivity contribution in [2.75, 3.05) is 0 Å². The normalized spacial score (nSPS) is 12.9. The Balaban J connectivity index is 2.63. The molecule has 1 rings (SSSR count). The van der Waals surface area contributed by atoms with Gasteiger partial charge in [-0.15, -0.1) is 0 Å². The molecule has 1 atom stereocenters. The van der Waals surface area contributed by atoms with Crippen LogP contribution in [0.4, 0.5) is 0 Å². The summed E-state index contributed by atoms with van der Waals surface area (Å²) in [6.07, 6.45) is 1.50. The summed E-state index contributed by atoms with van der Waals surface area (Å²) in [5.74, 6) is -2.27. The molecule has 0 fully saturated rings. The second-order valence-electron chi connectivity index (χ2n) is 5.38. The Morgan fingerprint density at radius 1 is 1.16 bits per heavy atom. The SMILES string of the molecule is CC(C)(CCCC(C(=O)O)c1ccccc1)C(=O)O. The van der Waals surface area contributed by atoms with E-state index in [2.05, 4.69) is 0 Å². The van der Waals surface area contributed by atoms with Gasteiger partial charge in [0.15, 0.2) is 0 Å². The van der Waals surface area contributed by atoms with Crippen molar-refractivity contribution in [1.82, 2.24) is 0 Å². The largest absolute Gasteiger partial charge is 0.481 e. The average Bonchev–Trinajstić information content (AvgIpc) is 2.35. The van der Waals surface area contributed by atoms with Crippen LogP contribution in [0.2, 0.25) is 0 Å². The van der Waals surface area contributed by atoms with Gasteiger partial charge in [-0.25, -0.2) is 0 Å². The van der Waals surface area contributed by atoms with Gasteiger partial charge < -0.3 is 10.2 Å². The molecule has 0 heterocycles. The second-order valence-corrected chi connectivity index (χ2v) is 5.38. The molecule has 4 nitrogen and oxygen atoms in total. The minimum absolute atomic E-state index is 0.454. The summed E-state index contributed by atoms with van der Waals surface area (Å²) in [5, 5.41) is 18.3. The summed E-state index contributed by atoms with van der Waals surface area (Å²) < 4.78 is 0. The second kappa shape index (κ2) is 6.36. The van der Waals surface area contributed by atoms with Crippen molar-refractivity contribution in [3.05, 3.63) is 35.9 Å². The van der Waals surface area contributed by atoms with Crippen molar-refractivity contribution in [3.63, 3.8) is 0 Å². The van der Waals surface area contributed by atoms with Gasteiger partial charge in [-0.2, -0.15) is 0 Å². The molecule has 2 N–H and O–H groups in total. The fourth-order valence-corrected chi connectivity index (χ4v) is 1.97. The highest BCUT2D eigenvalue weighted by Crippen LogP contribution is 2.28. The number of hydrogen-bond acceptors (Lipinski definition) is 2. The monoisotopic (exact) mass is 264 g/mol. The molecule has 0 aliphatic carbocycles. The Kier molecular flexibility index (Phi) is 5.10. The van der Waals surface area contributed by atoms with Crippen molar-refractivity contribution in [2.24, 2.45) is 5.41 Å². The molecule has 0 aliphatic rings.